The number of hydrogen-bond acceptors (Lipinski definition) is 3. The fourth-order valence-electron chi connectivity index (χ4n) is 4.65. The van der Waals surface area contributed by atoms with Crippen LogP contribution in [0, 0.1) is 6.92 Å². The van der Waals surface area contributed by atoms with E-state index in [9.17, 15) is 9.90 Å². The Morgan fingerprint density at radius 1 is 1.18 bits per heavy atom. The molecule has 0 radical (unpaired) electrons. The van der Waals surface area contributed by atoms with Crippen molar-refractivity contribution in [2.24, 2.45) is 0 Å². The van der Waals surface area contributed by atoms with Gasteiger partial charge in [-0.15, -0.1) is 0 Å². The molecule has 0 amide bonds. The summed E-state index contributed by atoms with van der Waals surface area (Å²) in [7, 11) is 0. The highest BCUT2D eigenvalue weighted by Crippen LogP contribution is 2.37. The number of benzene rings is 2. The predicted octanol–water partition coefficient (Wildman–Crippen LogP) is 3.82. The molecular formula is C24H28NO3+. The van der Waals surface area contributed by atoms with E-state index in [-0.39, 0.29) is 5.75 Å². The molecule has 28 heavy (non-hydrogen) atoms. The summed E-state index contributed by atoms with van der Waals surface area (Å²) < 4.78 is 5.45. The first kappa shape index (κ1) is 18.8. The number of fused-ring (bicyclic) bond motifs is 1. The highest BCUT2D eigenvalue weighted by molar-refractivity contribution is 5.98. The SMILES string of the molecule is CCC1CCCC[NH+]1Cc1c(C)cc2oc(=O)cc(-c3ccccc3)c2c1O. The molecule has 2 heterocycles. The van der Waals surface area contributed by atoms with E-state index in [0.29, 0.717) is 17.0 Å². The van der Waals surface area contributed by atoms with Gasteiger partial charge in [0.2, 0.25) is 0 Å². The minimum Gasteiger partial charge on any atom is -0.507 e. The van der Waals surface area contributed by atoms with Crippen LogP contribution < -0.4 is 10.5 Å². The average molecular weight is 378 g/mol. The molecule has 4 heteroatoms. The number of nitrogens with one attached hydrogen (secondary N) is 1. The average Bonchev–Trinajstić information content (AvgIpc) is 2.71. The monoisotopic (exact) mass is 378 g/mol. The lowest BCUT2D eigenvalue weighted by atomic mass is 9.94. The normalized spacial score (nSPS) is 19.8. The van der Waals surface area contributed by atoms with Gasteiger partial charge in [-0.2, -0.15) is 0 Å². The number of piperidine rings is 1. The summed E-state index contributed by atoms with van der Waals surface area (Å²) in [6, 6.07) is 13.8. The van der Waals surface area contributed by atoms with Crippen LogP contribution in [0.15, 0.2) is 51.7 Å². The maximum atomic E-state index is 12.1. The van der Waals surface area contributed by atoms with E-state index in [4.69, 9.17) is 4.42 Å². The molecule has 1 saturated heterocycles. The zero-order chi connectivity index (χ0) is 19.7. The Hall–Kier alpha value is -2.59. The van der Waals surface area contributed by atoms with E-state index in [0.717, 1.165) is 41.8 Å². The third-order valence-corrected chi connectivity index (χ3v) is 6.19. The van der Waals surface area contributed by atoms with Gasteiger partial charge in [-0.1, -0.05) is 37.3 Å². The molecule has 2 N–H and O–H groups in total. The van der Waals surface area contributed by atoms with E-state index < -0.39 is 5.63 Å². The van der Waals surface area contributed by atoms with E-state index >= 15 is 0 Å². The summed E-state index contributed by atoms with van der Waals surface area (Å²) in [6.45, 7) is 6.20. The van der Waals surface area contributed by atoms with Gasteiger partial charge >= 0.3 is 5.63 Å². The first-order valence-corrected chi connectivity index (χ1v) is 10.3. The van der Waals surface area contributed by atoms with Gasteiger partial charge < -0.3 is 14.4 Å². The van der Waals surface area contributed by atoms with Gasteiger partial charge in [-0.3, -0.25) is 0 Å². The Balaban J connectivity index is 1.87. The molecule has 3 aromatic rings. The van der Waals surface area contributed by atoms with Crippen molar-refractivity contribution in [3.05, 3.63) is 64.0 Å². The number of phenolic OH excluding ortho intramolecular Hbond substituents is 1. The second-order valence-electron chi connectivity index (χ2n) is 7.92. The fraction of sp³-hybridized carbons (Fsp3) is 0.375. The molecule has 0 aliphatic carbocycles. The maximum Gasteiger partial charge on any atom is 0.336 e. The number of rotatable bonds is 4. The molecule has 1 aromatic heterocycles. The van der Waals surface area contributed by atoms with Crippen molar-refractivity contribution < 1.29 is 14.4 Å². The quantitative estimate of drug-likeness (QED) is 0.679. The minimum atomic E-state index is -0.398. The number of phenols is 1. The number of aryl methyl sites for hydroxylation is 1. The first-order valence-electron chi connectivity index (χ1n) is 10.3. The summed E-state index contributed by atoms with van der Waals surface area (Å²) in [6.07, 6.45) is 4.95. The lowest BCUT2D eigenvalue weighted by molar-refractivity contribution is -0.944. The minimum absolute atomic E-state index is 0.255. The Bertz CT molecular complexity index is 1040. The number of likely N-dealkylation sites (tertiary alicyclic amines) is 1. The zero-order valence-corrected chi connectivity index (χ0v) is 16.6. The van der Waals surface area contributed by atoms with E-state index in [1.54, 1.807) is 4.90 Å². The van der Waals surface area contributed by atoms with Crippen molar-refractivity contribution >= 4 is 11.0 Å². The van der Waals surface area contributed by atoms with E-state index in [1.165, 1.54) is 25.3 Å². The lowest BCUT2D eigenvalue weighted by Gasteiger charge is -2.32. The van der Waals surface area contributed by atoms with Crippen molar-refractivity contribution in [2.45, 2.75) is 52.1 Å². The molecule has 1 aliphatic rings. The highest BCUT2D eigenvalue weighted by Gasteiger charge is 2.27. The Morgan fingerprint density at radius 2 is 1.96 bits per heavy atom. The van der Waals surface area contributed by atoms with Gasteiger partial charge in [0.25, 0.3) is 0 Å². The van der Waals surface area contributed by atoms with Crippen LogP contribution >= 0.6 is 0 Å². The topological polar surface area (TPSA) is 54.9 Å². The molecule has 146 valence electrons. The second kappa shape index (κ2) is 7.80. The third kappa shape index (κ3) is 3.45. The van der Waals surface area contributed by atoms with Crippen LogP contribution in [0.5, 0.6) is 5.75 Å². The lowest BCUT2D eigenvalue weighted by Crippen LogP contribution is -3.15. The molecule has 2 atom stereocenters. The van der Waals surface area contributed by atoms with E-state index in [1.807, 2.05) is 43.3 Å². The standard InChI is InChI=1S/C24H27NO3/c1-3-18-11-7-8-12-25(18)15-20-16(2)13-21-23(24(20)27)19(14-22(26)28-21)17-9-5-4-6-10-17/h4-6,9-10,13-14,18,27H,3,7-8,11-12,15H2,1-2H3/p+1. The highest BCUT2D eigenvalue weighted by atomic mass is 16.4. The summed E-state index contributed by atoms with van der Waals surface area (Å²) in [5.41, 5.74) is 3.63. The molecule has 2 unspecified atom stereocenters. The Kier molecular flexibility index (Phi) is 5.23. The van der Waals surface area contributed by atoms with Gasteiger partial charge in [0.15, 0.2) is 0 Å². The van der Waals surface area contributed by atoms with Crippen molar-refractivity contribution in [3.8, 4) is 16.9 Å². The van der Waals surface area contributed by atoms with Crippen LogP contribution in [-0.2, 0) is 6.54 Å². The Morgan fingerprint density at radius 3 is 2.71 bits per heavy atom. The summed E-state index contributed by atoms with van der Waals surface area (Å²) >= 11 is 0. The smallest absolute Gasteiger partial charge is 0.336 e. The molecule has 0 saturated carbocycles. The van der Waals surface area contributed by atoms with Crippen LogP contribution in [0.4, 0.5) is 0 Å². The van der Waals surface area contributed by atoms with Crippen LogP contribution in [0.3, 0.4) is 0 Å². The molecule has 1 fully saturated rings. The molecule has 0 bridgehead atoms. The van der Waals surface area contributed by atoms with Gasteiger partial charge in [-0.05, 0) is 49.8 Å². The zero-order valence-electron chi connectivity index (χ0n) is 16.6. The van der Waals surface area contributed by atoms with Gasteiger partial charge in [-0.25, -0.2) is 4.79 Å². The molecule has 4 nitrogen and oxygen atoms in total. The van der Waals surface area contributed by atoms with Crippen LogP contribution in [0.1, 0.15) is 43.7 Å². The molecule has 4 rings (SSSR count). The van der Waals surface area contributed by atoms with Crippen LogP contribution in [0.2, 0.25) is 0 Å². The molecule has 1 aliphatic heterocycles. The number of aromatic hydroxyl groups is 1. The molecule has 2 aromatic carbocycles. The van der Waals surface area contributed by atoms with Crippen molar-refractivity contribution in [2.75, 3.05) is 6.54 Å². The summed E-state index contributed by atoms with van der Waals surface area (Å²) in [5.74, 6) is 0.255. The van der Waals surface area contributed by atoms with E-state index in [2.05, 4.69) is 6.92 Å². The third-order valence-electron chi connectivity index (χ3n) is 6.19. The van der Waals surface area contributed by atoms with Crippen LogP contribution in [0.25, 0.3) is 22.1 Å². The second-order valence-corrected chi connectivity index (χ2v) is 7.92. The molecule has 0 spiro atoms. The fourth-order valence-corrected chi connectivity index (χ4v) is 4.65. The number of hydrogen-bond donors (Lipinski definition) is 2. The van der Waals surface area contributed by atoms with Crippen molar-refractivity contribution in [1.82, 2.24) is 0 Å². The van der Waals surface area contributed by atoms with Crippen molar-refractivity contribution in [1.29, 1.82) is 0 Å². The summed E-state index contributed by atoms with van der Waals surface area (Å²) in [5, 5.41) is 11.9. The number of quaternary nitrogens is 1. The largest absolute Gasteiger partial charge is 0.507 e. The van der Waals surface area contributed by atoms with Gasteiger partial charge in [0, 0.05) is 11.6 Å². The maximum absolute atomic E-state index is 12.1. The predicted molar refractivity (Wildman–Crippen MR) is 112 cm³/mol. The van der Waals surface area contributed by atoms with Crippen molar-refractivity contribution in [3.63, 3.8) is 0 Å². The summed E-state index contributed by atoms with van der Waals surface area (Å²) in [4.78, 5) is 13.7. The van der Waals surface area contributed by atoms with Gasteiger partial charge in [0.05, 0.1) is 23.5 Å². The van der Waals surface area contributed by atoms with Crippen LogP contribution in [-0.4, -0.2) is 17.7 Å². The van der Waals surface area contributed by atoms with Gasteiger partial charge in [0.1, 0.15) is 17.9 Å². The Labute approximate surface area is 165 Å². The first-order chi connectivity index (χ1) is 13.6. The molecular weight excluding hydrogens is 350 g/mol.